The highest BCUT2D eigenvalue weighted by atomic mass is 32.2. The Labute approximate surface area is 180 Å². The molecule has 0 spiro atoms. The summed E-state index contributed by atoms with van der Waals surface area (Å²) in [6.07, 6.45) is -1.24. The Hall–Kier alpha value is -2.95. The molecule has 0 bridgehead atoms. The minimum Gasteiger partial charge on any atom is -0.508 e. The van der Waals surface area contributed by atoms with Gasteiger partial charge in [-0.1, -0.05) is 29.8 Å². The van der Waals surface area contributed by atoms with Crippen LogP contribution in [0.25, 0.3) is 0 Å². The predicted molar refractivity (Wildman–Crippen MR) is 111 cm³/mol. The topological polar surface area (TPSA) is 144 Å². The number of carboxylic acids is 1. The molecule has 2 aromatic rings. The lowest BCUT2D eigenvalue weighted by Crippen LogP contribution is -2.51. The van der Waals surface area contributed by atoms with Gasteiger partial charge in [-0.15, -0.1) is 0 Å². The second-order valence-corrected chi connectivity index (χ2v) is 9.45. The van der Waals surface area contributed by atoms with Gasteiger partial charge in [0.2, 0.25) is 15.9 Å². The molecule has 1 fully saturated rings. The van der Waals surface area contributed by atoms with E-state index in [1.165, 1.54) is 36.4 Å². The van der Waals surface area contributed by atoms with E-state index in [9.17, 15) is 33.3 Å². The summed E-state index contributed by atoms with van der Waals surface area (Å²) in [5, 5.41) is 31.3. The molecule has 1 heterocycles. The number of sulfonamides is 1. The molecule has 4 N–H and O–H groups in total. The quantitative estimate of drug-likeness (QED) is 0.486. The molecule has 3 rings (SSSR count). The van der Waals surface area contributed by atoms with Gasteiger partial charge in [0.15, 0.2) is 0 Å². The number of aliphatic hydroxyl groups excluding tert-OH is 1. The van der Waals surface area contributed by atoms with Crippen LogP contribution in [0.15, 0.2) is 53.4 Å². The van der Waals surface area contributed by atoms with Crippen LogP contribution in [0.2, 0.25) is 0 Å². The number of phenols is 1. The Bertz CT molecular complexity index is 1050. The van der Waals surface area contributed by atoms with Crippen LogP contribution in [0.1, 0.15) is 17.5 Å². The van der Waals surface area contributed by atoms with Gasteiger partial charge in [0, 0.05) is 19.4 Å². The number of aliphatic carboxylic acids is 1. The average molecular weight is 448 g/mol. The molecular weight excluding hydrogens is 424 g/mol. The van der Waals surface area contributed by atoms with Crippen LogP contribution in [0.4, 0.5) is 0 Å². The van der Waals surface area contributed by atoms with Crippen LogP contribution in [-0.4, -0.2) is 64.7 Å². The molecule has 2 aromatic carbocycles. The number of carbonyl (C=O) groups excluding carboxylic acids is 1. The van der Waals surface area contributed by atoms with Crippen LogP contribution < -0.4 is 5.32 Å². The van der Waals surface area contributed by atoms with Crippen molar-refractivity contribution in [2.75, 3.05) is 6.54 Å². The summed E-state index contributed by atoms with van der Waals surface area (Å²) in [6, 6.07) is 9.44. The number of carboxylic acid groups (broad SMARTS) is 1. The van der Waals surface area contributed by atoms with Crippen molar-refractivity contribution in [2.24, 2.45) is 0 Å². The van der Waals surface area contributed by atoms with Crippen LogP contribution in [-0.2, 0) is 26.0 Å². The van der Waals surface area contributed by atoms with Gasteiger partial charge in [-0.2, -0.15) is 4.31 Å². The average Bonchev–Trinajstić information content (AvgIpc) is 3.12. The summed E-state index contributed by atoms with van der Waals surface area (Å²) in [5.41, 5.74) is 1.44. The summed E-state index contributed by atoms with van der Waals surface area (Å²) < 4.78 is 27.0. The molecule has 31 heavy (non-hydrogen) atoms. The molecule has 166 valence electrons. The van der Waals surface area contributed by atoms with Crippen LogP contribution >= 0.6 is 0 Å². The molecule has 0 aromatic heterocycles. The van der Waals surface area contributed by atoms with E-state index in [0.29, 0.717) is 5.56 Å². The van der Waals surface area contributed by atoms with Gasteiger partial charge >= 0.3 is 5.97 Å². The largest absolute Gasteiger partial charge is 0.508 e. The fourth-order valence-corrected chi connectivity index (χ4v) is 5.11. The number of nitrogens with one attached hydrogen (secondary N) is 1. The summed E-state index contributed by atoms with van der Waals surface area (Å²) in [6.45, 7) is 1.55. The molecule has 0 radical (unpaired) electrons. The highest BCUT2D eigenvalue weighted by molar-refractivity contribution is 7.89. The van der Waals surface area contributed by atoms with E-state index in [1.54, 1.807) is 12.1 Å². The molecule has 9 nitrogen and oxygen atoms in total. The number of benzene rings is 2. The van der Waals surface area contributed by atoms with Gasteiger partial charge < -0.3 is 20.6 Å². The molecule has 0 saturated carbocycles. The number of nitrogens with zero attached hydrogens (tertiary/aromatic N) is 1. The Balaban J connectivity index is 1.79. The first-order valence-corrected chi connectivity index (χ1v) is 11.1. The van der Waals surface area contributed by atoms with Crippen molar-refractivity contribution in [1.82, 2.24) is 9.62 Å². The van der Waals surface area contributed by atoms with E-state index in [4.69, 9.17) is 0 Å². The first-order valence-electron chi connectivity index (χ1n) is 9.65. The zero-order valence-electron chi connectivity index (χ0n) is 16.8. The first-order chi connectivity index (χ1) is 14.6. The third-order valence-electron chi connectivity index (χ3n) is 5.15. The van der Waals surface area contributed by atoms with Gasteiger partial charge in [0.05, 0.1) is 11.0 Å². The van der Waals surface area contributed by atoms with Crippen molar-refractivity contribution in [1.29, 1.82) is 0 Å². The van der Waals surface area contributed by atoms with E-state index in [0.717, 1.165) is 9.87 Å². The minimum absolute atomic E-state index is 0.0103. The van der Waals surface area contributed by atoms with Gasteiger partial charge in [-0.25, -0.2) is 13.2 Å². The fourth-order valence-electron chi connectivity index (χ4n) is 3.47. The number of hydrogen-bond acceptors (Lipinski definition) is 6. The number of carbonyl (C=O) groups is 2. The lowest BCUT2D eigenvalue weighted by Gasteiger charge is -2.25. The van der Waals surface area contributed by atoms with Crippen LogP contribution in [0.3, 0.4) is 0 Å². The molecular formula is C21H24N2O7S. The molecule has 1 amide bonds. The molecule has 0 aliphatic carbocycles. The monoisotopic (exact) mass is 448 g/mol. The van der Waals surface area contributed by atoms with E-state index in [1.807, 2.05) is 6.92 Å². The maximum absolute atomic E-state index is 13.0. The number of hydrogen-bond donors (Lipinski definition) is 4. The molecule has 1 aliphatic rings. The normalized spacial score (nSPS) is 20.3. The summed E-state index contributed by atoms with van der Waals surface area (Å²) in [4.78, 5) is 24.5. The third kappa shape index (κ3) is 5.22. The van der Waals surface area contributed by atoms with E-state index >= 15 is 0 Å². The van der Waals surface area contributed by atoms with Crippen LogP contribution in [0.5, 0.6) is 5.75 Å². The Kier molecular flexibility index (Phi) is 6.63. The van der Waals surface area contributed by atoms with Gasteiger partial charge in [0.1, 0.15) is 17.8 Å². The summed E-state index contributed by atoms with van der Waals surface area (Å²) in [7, 11) is -4.06. The third-order valence-corrected chi connectivity index (χ3v) is 7.04. The van der Waals surface area contributed by atoms with Crippen LogP contribution in [0, 0.1) is 6.92 Å². The number of aromatic hydroxyl groups is 1. The number of β-amino-alcohol motifs (C(OH)–C–C–N with tert-alkyl or cyclic N) is 1. The standard InChI is InChI=1S/C21H24N2O7S/c1-13-2-8-17(9-3-13)31(29,30)23-12-16(25)11-19(23)20(26)22-18(21(27)28)10-14-4-6-15(24)7-5-14/h2-9,16,18-19,24-25H,10-12H2,1H3,(H,22,26)(H,27,28)/t16-,18+,19+/m1/s1. The van der Waals surface area contributed by atoms with Crippen molar-refractivity contribution in [2.45, 2.75) is 42.8 Å². The predicted octanol–water partition coefficient (Wildman–Crippen LogP) is 0.637. The van der Waals surface area contributed by atoms with Crippen molar-refractivity contribution in [3.8, 4) is 5.75 Å². The van der Waals surface area contributed by atoms with Crippen molar-refractivity contribution >= 4 is 21.9 Å². The maximum atomic E-state index is 13.0. The van der Waals surface area contributed by atoms with E-state index in [-0.39, 0.29) is 30.0 Å². The van der Waals surface area contributed by atoms with E-state index < -0.39 is 40.1 Å². The number of aryl methyl sites for hydroxylation is 1. The number of amides is 1. The first kappa shape index (κ1) is 22.7. The number of phenolic OH excluding ortho intramolecular Hbond substituents is 1. The number of aliphatic hydroxyl groups is 1. The van der Waals surface area contributed by atoms with Crippen molar-refractivity contribution in [3.63, 3.8) is 0 Å². The van der Waals surface area contributed by atoms with E-state index in [2.05, 4.69) is 5.32 Å². The lowest BCUT2D eigenvalue weighted by atomic mass is 10.0. The zero-order valence-corrected chi connectivity index (χ0v) is 17.6. The number of rotatable bonds is 7. The van der Waals surface area contributed by atoms with Crippen molar-refractivity contribution in [3.05, 3.63) is 59.7 Å². The molecule has 3 atom stereocenters. The molecule has 1 saturated heterocycles. The van der Waals surface area contributed by atoms with Gasteiger partial charge in [-0.05, 0) is 36.8 Å². The van der Waals surface area contributed by atoms with Gasteiger partial charge in [-0.3, -0.25) is 4.79 Å². The SMILES string of the molecule is Cc1ccc(S(=O)(=O)N2C[C@H](O)C[C@H]2C(=O)N[C@@H](Cc2ccc(O)cc2)C(=O)O)cc1. The Morgan fingerprint density at radius 1 is 1.13 bits per heavy atom. The Morgan fingerprint density at radius 3 is 2.32 bits per heavy atom. The minimum atomic E-state index is -4.06. The molecule has 0 unspecified atom stereocenters. The maximum Gasteiger partial charge on any atom is 0.326 e. The highest BCUT2D eigenvalue weighted by Crippen LogP contribution is 2.27. The van der Waals surface area contributed by atoms with Gasteiger partial charge in [0.25, 0.3) is 0 Å². The molecule has 10 heteroatoms. The lowest BCUT2D eigenvalue weighted by molar-refractivity contribution is -0.142. The zero-order chi connectivity index (χ0) is 22.8. The highest BCUT2D eigenvalue weighted by Gasteiger charge is 2.44. The fraction of sp³-hybridized carbons (Fsp3) is 0.333. The van der Waals surface area contributed by atoms with Crippen molar-refractivity contribution < 1.29 is 33.3 Å². The molecule has 1 aliphatic heterocycles. The second kappa shape index (κ2) is 9.04. The smallest absolute Gasteiger partial charge is 0.326 e. The second-order valence-electron chi connectivity index (χ2n) is 7.56. The summed E-state index contributed by atoms with van der Waals surface area (Å²) >= 11 is 0. The Morgan fingerprint density at radius 2 is 1.74 bits per heavy atom. The summed E-state index contributed by atoms with van der Waals surface area (Å²) in [5.74, 6) is -2.05.